The van der Waals surface area contributed by atoms with Crippen LogP contribution in [0.25, 0.3) is 0 Å². The molecule has 3 aliphatic rings. The van der Waals surface area contributed by atoms with Crippen LogP contribution in [0.2, 0.25) is 0 Å². The van der Waals surface area contributed by atoms with Crippen molar-refractivity contribution in [2.75, 3.05) is 7.05 Å². The second-order valence-electron chi connectivity index (χ2n) is 6.08. The Morgan fingerprint density at radius 1 is 0.812 bits per heavy atom. The summed E-state index contributed by atoms with van der Waals surface area (Å²) < 4.78 is 0. The van der Waals surface area contributed by atoms with Crippen LogP contribution in [0.1, 0.15) is 57.8 Å². The molecule has 2 aliphatic heterocycles. The monoisotopic (exact) mass is 222 g/mol. The molecule has 2 atom stereocenters. The summed E-state index contributed by atoms with van der Waals surface area (Å²) in [4.78, 5) is 2.95. The van der Waals surface area contributed by atoms with Gasteiger partial charge in [-0.3, -0.25) is 4.90 Å². The highest BCUT2D eigenvalue weighted by molar-refractivity contribution is 4.98. The summed E-state index contributed by atoms with van der Waals surface area (Å²) in [5.41, 5.74) is 0. The number of piperidine rings is 2. The third-order valence-corrected chi connectivity index (χ3v) is 5.19. The minimum absolute atomic E-state index is 0.799. The maximum atomic E-state index is 3.52. The molecular formula is C14H26N2. The van der Waals surface area contributed by atoms with Crippen molar-refractivity contribution in [2.45, 2.75) is 82.0 Å². The average Bonchev–Trinajstić information content (AvgIpc) is 2.80. The molecule has 1 aliphatic carbocycles. The fourth-order valence-electron chi connectivity index (χ4n) is 4.45. The Morgan fingerprint density at radius 2 is 1.38 bits per heavy atom. The summed E-state index contributed by atoms with van der Waals surface area (Å²) in [5, 5.41) is 3.52. The molecule has 0 aromatic rings. The van der Waals surface area contributed by atoms with Crippen LogP contribution in [0.5, 0.6) is 0 Å². The molecule has 0 aromatic heterocycles. The first kappa shape index (κ1) is 11.0. The number of hydrogen-bond donors (Lipinski definition) is 1. The van der Waals surface area contributed by atoms with E-state index in [4.69, 9.17) is 0 Å². The topological polar surface area (TPSA) is 15.3 Å². The van der Waals surface area contributed by atoms with E-state index >= 15 is 0 Å². The molecular weight excluding hydrogens is 196 g/mol. The summed E-state index contributed by atoms with van der Waals surface area (Å²) in [5.74, 6) is 0. The van der Waals surface area contributed by atoms with E-state index < -0.39 is 0 Å². The lowest BCUT2D eigenvalue weighted by molar-refractivity contribution is -0.00769. The number of rotatable bonds is 2. The lowest BCUT2D eigenvalue weighted by atomic mass is 9.80. The quantitative estimate of drug-likeness (QED) is 0.772. The Balaban J connectivity index is 1.73. The molecule has 3 rings (SSSR count). The highest BCUT2D eigenvalue weighted by Gasteiger charge is 2.41. The van der Waals surface area contributed by atoms with Crippen molar-refractivity contribution >= 4 is 0 Å². The van der Waals surface area contributed by atoms with Crippen LogP contribution in [0.3, 0.4) is 0 Å². The molecule has 0 spiro atoms. The predicted molar refractivity (Wildman–Crippen MR) is 67.6 cm³/mol. The fourth-order valence-corrected chi connectivity index (χ4v) is 4.45. The molecule has 2 heterocycles. The van der Waals surface area contributed by atoms with Crippen molar-refractivity contribution in [3.8, 4) is 0 Å². The molecule has 2 nitrogen and oxygen atoms in total. The fraction of sp³-hybridized carbons (Fsp3) is 1.00. The summed E-state index contributed by atoms with van der Waals surface area (Å²) in [6.07, 6.45) is 13.2. The number of nitrogens with one attached hydrogen (secondary N) is 1. The Kier molecular flexibility index (Phi) is 3.21. The molecule has 2 unspecified atom stereocenters. The SMILES string of the molecule is CNC1CC2CCCC(C1)N2C1CCCC1. The van der Waals surface area contributed by atoms with E-state index in [9.17, 15) is 0 Å². The Hall–Kier alpha value is -0.0800. The summed E-state index contributed by atoms with van der Waals surface area (Å²) in [6, 6.07) is 3.57. The van der Waals surface area contributed by atoms with Gasteiger partial charge in [-0.1, -0.05) is 19.3 Å². The normalized spacial score (nSPS) is 41.4. The predicted octanol–water partition coefficient (Wildman–Crippen LogP) is 2.53. The van der Waals surface area contributed by atoms with Gasteiger partial charge in [0.15, 0.2) is 0 Å². The highest BCUT2D eigenvalue weighted by atomic mass is 15.2. The summed E-state index contributed by atoms with van der Waals surface area (Å²) in [7, 11) is 2.14. The van der Waals surface area contributed by atoms with Gasteiger partial charge in [-0.15, -0.1) is 0 Å². The van der Waals surface area contributed by atoms with Crippen molar-refractivity contribution in [1.29, 1.82) is 0 Å². The van der Waals surface area contributed by atoms with Gasteiger partial charge in [0.1, 0.15) is 0 Å². The van der Waals surface area contributed by atoms with Gasteiger partial charge in [-0.2, -0.15) is 0 Å². The van der Waals surface area contributed by atoms with Crippen LogP contribution in [0.15, 0.2) is 0 Å². The van der Waals surface area contributed by atoms with Crippen molar-refractivity contribution in [3.63, 3.8) is 0 Å². The zero-order chi connectivity index (χ0) is 11.0. The largest absolute Gasteiger partial charge is 0.317 e. The standard InChI is InChI=1S/C14H26N2/c1-15-11-9-13-7-4-8-14(10-11)16(13)12-5-2-3-6-12/h11-15H,2-10H2,1H3. The maximum absolute atomic E-state index is 3.52. The molecule has 1 saturated carbocycles. The van der Waals surface area contributed by atoms with Crippen LogP contribution < -0.4 is 5.32 Å². The van der Waals surface area contributed by atoms with Gasteiger partial charge in [0.25, 0.3) is 0 Å². The Labute approximate surface area is 99.8 Å². The summed E-state index contributed by atoms with van der Waals surface area (Å²) in [6.45, 7) is 0. The van der Waals surface area contributed by atoms with Crippen molar-refractivity contribution in [3.05, 3.63) is 0 Å². The van der Waals surface area contributed by atoms with Crippen LogP contribution >= 0.6 is 0 Å². The number of hydrogen-bond acceptors (Lipinski definition) is 2. The second-order valence-corrected chi connectivity index (χ2v) is 6.08. The first-order valence-corrected chi connectivity index (χ1v) is 7.33. The number of fused-ring (bicyclic) bond motifs is 2. The lowest BCUT2D eigenvalue weighted by Gasteiger charge is -2.51. The molecule has 2 heteroatoms. The van der Waals surface area contributed by atoms with Crippen molar-refractivity contribution in [2.24, 2.45) is 0 Å². The van der Waals surface area contributed by atoms with Crippen LogP contribution in [-0.4, -0.2) is 36.1 Å². The zero-order valence-corrected chi connectivity index (χ0v) is 10.6. The molecule has 1 N–H and O–H groups in total. The molecule has 2 saturated heterocycles. The Bertz CT molecular complexity index is 221. The van der Waals surface area contributed by atoms with Gasteiger partial charge >= 0.3 is 0 Å². The van der Waals surface area contributed by atoms with Crippen LogP contribution in [-0.2, 0) is 0 Å². The van der Waals surface area contributed by atoms with Crippen molar-refractivity contribution in [1.82, 2.24) is 10.2 Å². The van der Waals surface area contributed by atoms with Gasteiger partial charge < -0.3 is 5.32 Å². The van der Waals surface area contributed by atoms with E-state index in [0.717, 1.165) is 24.2 Å². The molecule has 0 radical (unpaired) electrons. The third kappa shape index (κ3) is 1.91. The smallest absolute Gasteiger partial charge is 0.0116 e. The van der Waals surface area contributed by atoms with E-state index in [1.807, 2.05) is 0 Å². The molecule has 16 heavy (non-hydrogen) atoms. The van der Waals surface area contributed by atoms with Gasteiger partial charge in [-0.25, -0.2) is 0 Å². The van der Waals surface area contributed by atoms with Crippen molar-refractivity contribution < 1.29 is 0 Å². The highest BCUT2D eigenvalue weighted by Crippen LogP contribution is 2.39. The van der Waals surface area contributed by atoms with E-state index in [-0.39, 0.29) is 0 Å². The molecule has 0 amide bonds. The van der Waals surface area contributed by atoms with Gasteiger partial charge in [0.05, 0.1) is 0 Å². The average molecular weight is 222 g/mol. The first-order valence-electron chi connectivity index (χ1n) is 7.33. The van der Waals surface area contributed by atoms with E-state index in [1.165, 1.54) is 57.8 Å². The lowest BCUT2D eigenvalue weighted by Crippen LogP contribution is -2.58. The first-order chi connectivity index (χ1) is 7.88. The van der Waals surface area contributed by atoms with Gasteiger partial charge in [0.2, 0.25) is 0 Å². The van der Waals surface area contributed by atoms with Crippen LogP contribution in [0, 0.1) is 0 Å². The van der Waals surface area contributed by atoms with E-state index in [1.54, 1.807) is 0 Å². The second kappa shape index (κ2) is 4.66. The van der Waals surface area contributed by atoms with Gasteiger partial charge in [-0.05, 0) is 45.6 Å². The molecule has 2 bridgehead atoms. The minimum Gasteiger partial charge on any atom is -0.317 e. The third-order valence-electron chi connectivity index (χ3n) is 5.19. The summed E-state index contributed by atoms with van der Waals surface area (Å²) >= 11 is 0. The van der Waals surface area contributed by atoms with Crippen LogP contribution in [0.4, 0.5) is 0 Å². The van der Waals surface area contributed by atoms with E-state index in [0.29, 0.717) is 0 Å². The number of nitrogens with zero attached hydrogens (tertiary/aromatic N) is 1. The molecule has 92 valence electrons. The Morgan fingerprint density at radius 3 is 1.94 bits per heavy atom. The van der Waals surface area contributed by atoms with Gasteiger partial charge in [0, 0.05) is 24.2 Å². The zero-order valence-electron chi connectivity index (χ0n) is 10.6. The maximum Gasteiger partial charge on any atom is 0.0116 e. The van der Waals surface area contributed by atoms with E-state index in [2.05, 4.69) is 17.3 Å². The molecule has 0 aromatic carbocycles. The molecule has 3 fully saturated rings. The minimum atomic E-state index is 0.799.